The van der Waals surface area contributed by atoms with Crippen LogP contribution in [0.5, 0.6) is 0 Å². The number of hydrogen-bond donors (Lipinski definition) is 1. The van der Waals surface area contributed by atoms with Crippen LogP contribution in [0.4, 0.5) is 11.4 Å². The van der Waals surface area contributed by atoms with Crippen molar-refractivity contribution < 1.29 is 30.0 Å². The van der Waals surface area contributed by atoms with E-state index in [0.717, 1.165) is 42.5 Å². The third-order valence-electron chi connectivity index (χ3n) is 4.90. The molecule has 0 saturated carbocycles. The van der Waals surface area contributed by atoms with Crippen molar-refractivity contribution in [1.82, 2.24) is 0 Å². The Bertz CT molecular complexity index is 1850. The summed E-state index contributed by atoms with van der Waals surface area (Å²) >= 11 is 0. The number of hydrogen-bond acceptors (Lipinski definition) is 9. The largest absolute Gasteiger partial charge is 0.330 e. The molecule has 1 N–H and O–H groups in total. The molecule has 0 heterocycles. The number of rotatable bonds is 9. The van der Waals surface area contributed by atoms with Crippen molar-refractivity contribution in [3.8, 4) is 12.1 Å². The first-order valence-electron chi connectivity index (χ1n) is 10.7. The maximum absolute atomic E-state index is 13.5. The number of anilines is 2. The van der Waals surface area contributed by atoms with Crippen molar-refractivity contribution >= 4 is 47.2 Å². The van der Waals surface area contributed by atoms with Crippen LogP contribution in [-0.4, -0.2) is 31.2 Å². The molecule has 11 nitrogen and oxygen atoms in total. The van der Waals surface area contributed by atoms with Gasteiger partial charge in [-0.05, 0) is 54.6 Å². The molecule has 0 aromatic heterocycles. The second kappa shape index (κ2) is 11.7. The fourth-order valence-electron chi connectivity index (χ4n) is 3.16. The number of sulfone groups is 2. The van der Waals surface area contributed by atoms with Gasteiger partial charge in [0.25, 0.3) is 5.91 Å². The monoisotopic (exact) mass is 582 g/mol. The number of nitrogens with zero attached hydrogens (tertiary/aromatic N) is 3. The van der Waals surface area contributed by atoms with Crippen LogP contribution >= 0.6 is 0 Å². The van der Waals surface area contributed by atoms with Crippen LogP contribution < -0.4 is 9.03 Å². The van der Waals surface area contributed by atoms with E-state index in [-0.39, 0.29) is 26.7 Å². The van der Waals surface area contributed by atoms with Crippen LogP contribution in [0.2, 0.25) is 0 Å². The number of carbonyl (C=O) groups excluding carboxylic acids is 1. The van der Waals surface area contributed by atoms with Gasteiger partial charge in [-0.1, -0.05) is 24.3 Å². The highest BCUT2D eigenvalue weighted by molar-refractivity contribution is 7.95. The van der Waals surface area contributed by atoms with Crippen LogP contribution in [0, 0.1) is 22.7 Å². The molecule has 0 atom stereocenters. The Labute approximate surface area is 225 Å². The Morgan fingerprint density at radius 3 is 1.85 bits per heavy atom. The van der Waals surface area contributed by atoms with E-state index in [0.29, 0.717) is 15.1 Å². The fourth-order valence-corrected chi connectivity index (χ4v) is 6.27. The van der Waals surface area contributed by atoms with Gasteiger partial charge in [0, 0.05) is 28.5 Å². The Kier molecular flexibility index (Phi) is 8.67. The molecule has 3 aromatic carbocycles. The minimum Gasteiger partial charge on any atom is -0.268 e. The van der Waals surface area contributed by atoms with Crippen LogP contribution in [0.15, 0.2) is 112 Å². The maximum atomic E-state index is 13.5. The molecule has 14 heteroatoms. The summed E-state index contributed by atoms with van der Waals surface area (Å²) in [5.41, 5.74) is -0.428. The van der Waals surface area contributed by atoms with Gasteiger partial charge < -0.3 is 0 Å². The van der Waals surface area contributed by atoms with Gasteiger partial charge >= 0.3 is 10.2 Å². The molecule has 1 amide bonds. The first-order valence-corrected chi connectivity index (χ1v) is 15.2. The van der Waals surface area contributed by atoms with Crippen LogP contribution in [0.1, 0.15) is 10.4 Å². The highest BCUT2D eigenvalue weighted by Gasteiger charge is 2.31. The number of amides is 1. The quantitative estimate of drug-likeness (QED) is 0.370. The molecule has 198 valence electrons. The number of allylic oxidation sites excluding steroid dienone is 2. The van der Waals surface area contributed by atoms with Gasteiger partial charge in [0.1, 0.15) is 0 Å². The van der Waals surface area contributed by atoms with Crippen molar-refractivity contribution in [3.63, 3.8) is 0 Å². The first kappa shape index (κ1) is 28.8. The number of carbonyl (C=O) groups is 1. The lowest BCUT2D eigenvalue weighted by atomic mass is 10.2. The molecule has 0 radical (unpaired) electrons. The van der Waals surface area contributed by atoms with Crippen molar-refractivity contribution in [2.75, 3.05) is 9.03 Å². The third kappa shape index (κ3) is 6.97. The highest BCUT2D eigenvalue weighted by Crippen LogP contribution is 2.26. The molecule has 0 aliphatic carbocycles. The Morgan fingerprint density at radius 1 is 0.718 bits per heavy atom. The predicted octanol–water partition coefficient (Wildman–Crippen LogP) is 3.31. The average molecular weight is 583 g/mol. The van der Waals surface area contributed by atoms with Crippen molar-refractivity contribution in [1.29, 1.82) is 10.5 Å². The zero-order valence-electron chi connectivity index (χ0n) is 19.7. The average Bonchev–Trinajstić information content (AvgIpc) is 2.91. The van der Waals surface area contributed by atoms with E-state index in [1.807, 2.05) is 0 Å². The summed E-state index contributed by atoms with van der Waals surface area (Å²) in [6.07, 6.45) is 1.53. The van der Waals surface area contributed by atoms with E-state index in [2.05, 4.69) is 4.72 Å². The fraction of sp³-hybridized carbons (Fsp3) is 0. The minimum atomic E-state index is -4.76. The lowest BCUT2D eigenvalue weighted by Gasteiger charge is -2.23. The molecule has 0 fully saturated rings. The molecule has 0 spiro atoms. The van der Waals surface area contributed by atoms with E-state index in [1.165, 1.54) is 42.5 Å². The van der Waals surface area contributed by atoms with E-state index in [9.17, 15) is 30.0 Å². The molecule has 0 saturated heterocycles. The molecule has 0 bridgehead atoms. The summed E-state index contributed by atoms with van der Waals surface area (Å²) in [4.78, 5) is 12.8. The number of nitriles is 2. The normalized spacial score (nSPS) is 12.1. The number of benzene rings is 3. The highest BCUT2D eigenvalue weighted by atomic mass is 32.2. The van der Waals surface area contributed by atoms with Crippen LogP contribution in [0.3, 0.4) is 0 Å². The van der Waals surface area contributed by atoms with E-state index in [1.54, 1.807) is 18.2 Å². The molecule has 0 aliphatic rings. The summed E-state index contributed by atoms with van der Waals surface area (Å²) in [5.74, 6) is -0.983. The molecular weight excluding hydrogens is 564 g/mol. The minimum absolute atomic E-state index is 0.00510. The number of nitrogens with one attached hydrogen (secondary N) is 1. The van der Waals surface area contributed by atoms with Gasteiger partial charge in [0.2, 0.25) is 19.7 Å². The summed E-state index contributed by atoms with van der Waals surface area (Å²) in [6.45, 7) is 0. The maximum Gasteiger partial charge on any atom is 0.330 e. The van der Waals surface area contributed by atoms with E-state index >= 15 is 0 Å². The van der Waals surface area contributed by atoms with Crippen molar-refractivity contribution in [2.24, 2.45) is 0 Å². The van der Waals surface area contributed by atoms with Gasteiger partial charge in [-0.2, -0.15) is 23.2 Å². The van der Waals surface area contributed by atoms with Crippen LogP contribution in [0.25, 0.3) is 0 Å². The third-order valence-corrected chi connectivity index (χ3v) is 9.08. The molecular formula is C25H18N4O7S3. The molecule has 39 heavy (non-hydrogen) atoms. The standard InChI is InChI=1S/C25H18N4O7S3/c26-15-5-17-37(31,32)23-13-11-22(12-14-23)29(25(30)20-7-2-1-3-8-20)39(35,36)28-21-9-4-10-24(19-21)38(33,34)18-6-16-27/h1-14,17-19,28H. The zero-order valence-corrected chi connectivity index (χ0v) is 22.2. The summed E-state index contributed by atoms with van der Waals surface area (Å²) in [7, 11) is -12.8. The predicted molar refractivity (Wildman–Crippen MR) is 143 cm³/mol. The summed E-state index contributed by atoms with van der Waals surface area (Å²) < 4.78 is 79.0. The van der Waals surface area contributed by atoms with E-state index in [4.69, 9.17) is 10.5 Å². The second-order valence-corrected chi connectivity index (χ2v) is 12.7. The second-order valence-electron chi connectivity index (χ2n) is 7.52. The smallest absolute Gasteiger partial charge is 0.268 e. The molecule has 0 aliphatic heterocycles. The molecule has 3 aromatic rings. The van der Waals surface area contributed by atoms with Crippen molar-refractivity contribution in [2.45, 2.75) is 9.79 Å². The van der Waals surface area contributed by atoms with Crippen molar-refractivity contribution in [3.05, 3.63) is 107 Å². The summed E-state index contributed by atoms with van der Waals surface area (Å²) in [5, 5.41) is 18.6. The van der Waals surface area contributed by atoms with Gasteiger partial charge in [0.05, 0.1) is 33.3 Å². The molecule has 3 rings (SSSR count). The van der Waals surface area contributed by atoms with Gasteiger partial charge in [-0.25, -0.2) is 16.8 Å². The topological polar surface area (TPSA) is 182 Å². The van der Waals surface area contributed by atoms with E-state index < -0.39 is 35.8 Å². The van der Waals surface area contributed by atoms with Gasteiger partial charge in [0.15, 0.2) is 0 Å². The first-order chi connectivity index (χ1) is 18.4. The van der Waals surface area contributed by atoms with Gasteiger partial charge in [-0.3, -0.25) is 9.52 Å². The summed E-state index contributed by atoms with van der Waals surface area (Å²) in [6, 6.07) is 19.6. The molecule has 0 unspecified atom stereocenters. The van der Waals surface area contributed by atoms with Crippen LogP contribution in [-0.2, 0) is 29.9 Å². The van der Waals surface area contributed by atoms with Gasteiger partial charge in [-0.15, -0.1) is 0 Å². The Hall–Kier alpha value is -4.76. The Balaban J connectivity index is 2.08. The SMILES string of the molecule is N#CC=CS(=O)(=O)c1ccc(N(C(=O)c2ccccc2)S(=O)(=O)Nc2cccc(S(=O)(=O)C=CC#N)c2)cc1. The lowest BCUT2D eigenvalue weighted by Crippen LogP contribution is -2.41. The zero-order chi connectivity index (χ0) is 28.7. The Morgan fingerprint density at radius 2 is 1.28 bits per heavy atom. The lowest BCUT2D eigenvalue weighted by molar-refractivity contribution is 0.101.